The molecule has 3 amide bonds. The fourth-order valence-electron chi connectivity index (χ4n) is 4.07. The highest BCUT2D eigenvalue weighted by molar-refractivity contribution is 5.91. The Balaban J connectivity index is 2.14. The molecule has 0 saturated heterocycles. The Hall–Kier alpha value is -3.34. The van der Waals surface area contributed by atoms with Crippen LogP contribution in [0.25, 0.3) is 0 Å². The largest absolute Gasteiger partial charge is 0.354 e. The summed E-state index contributed by atoms with van der Waals surface area (Å²) in [5, 5.41) is 8.77. The van der Waals surface area contributed by atoms with Gasteiger partial charge in [0.2, 0.25) is 5.91 Å². The van der Waals surface area contributed by atoms with Gasteiger partial charge in [0, 0.05) is 25.2 Å². The quantitative estimate of drug-likeness (QED) is 0.119. The second kappa shape index (κ2) is 22.5. The average molecular weight is 548 g/mol. The van der Waals surface area contributed by atoms with E-state index in [-0.39, 0.29) is 11.9 Å². The molecule has 0 saturated carbocycles. The second-order valence-corrected chi connectivity index (χ2v) is 10.5. The number of hydrogen-bond acceptors (Lipinski definition) is 2. The first-order chi connectivity index (χ1) is 19.4. The SMILES string of the molecule is CCC=CCC=CCC=CCC=CCC=CCCCC(=O)NCCNC(=O)Nc1c(C(C)C)cccc1C(C)C. The first-order valence-corrected chi connectivity index (χ1v) is 15.1. The molecule has 0 fully saturated rings. The van der Waals surface area contributed by atoms with Crippen molar-refractivity contribution in [2.45, 2.75) is 97.8 Å². The van der Waals surface area contributed by atoms with Crippen LogP contribution in [0.2, 0.25) is 0 Å². The van der Waals surface area contributed by atoms with Crippen LogP contribution in [-0.4, -0.2) is 25.0 Å². The number of carbonyl (C=O) groups is 2. The zero-order valence-electron chi connectivity index (χ0n) is 25.5. The molecule has 0 unspecified atom stereocenters. The minimum atomic E-state index is -0.248. The van der Waals surface area contributed by atoms with Crippen LogP contribution in [-0.2, 0) is 4.79 Å². The molecule has 0 bridgehead atoms. The molecule has 0 radical (unpaired) electrons. The van der Waals surface area contributed by atoms with Crippen molar-refractivity contribution < 1.29 is 9.59 Å². The summed E-state index contributed by atoms with van der Waals surface area (Å²) in [5.74, 6) is 0.632. The molecule has 1 rings (SSSR count). The van der Waals surface area contributed by atoms with Gasteiger partial charge in [-0.15, -0.1) is 0 Å². The summed E-state index contributed by atoms with van der Waals surface area (Å²) in [6.45, 7) is 11.4. The molecule has 3 N–H and O–H groups in total. The van der Waals surface area contributed by atoms with Crippen LogP contribution < -0.4 is 16.0 Å². The van der Waals surface area contributed by atoms with Gasteiger partial charge in [0.1, 0.15) is 0 Å². The number of urea groups is 1. The molecule has 0 aliphatic rings. The molecule has 0 spiro atoms. The van der Waals surface area contributed by atoms with Gasteiger partial charge in [-0.3, -0.25) is 4.79 Å². The standard InChI is InChI=1S/C35H53N3O2/c1-6-7-8-9-10-11-12-13-14-15-16-17-18-19-20-21-22-26-33(39)36-27-28-37-35(40)38-34-31(29(2)3)24-23-25-32(34)30(4)5/h7-8,10-11,13-14,16-17,19-20,23-25,29-30H,6,9,12,15,18,21-22,26-28H2,1-5H3,(H,36,39)(H2,37,38,40). The topological polar surface area (TPSA) is 70.2 Å². The second-order valence-electron chi connectivity index (χ2n) is 10.5. The Bertz CT molecular complexity index is 974. The number of hydrogen-bond donors (Lipinski definition) is 3. The molecule has 5 nitrogen and oxygen atoms in total. The average Bonchev–Trinajstić information content (AvgIpc) is 2.92. The van der Waals surface area contributed by atoms with Crippen molar-refractivity contribution in [2.75, 3.05) is 18.4 Å². The van der Waals surface area contributed by atoms with Crippen LogP contribution in [0.5, 0.6) is 0 Å². The Morgan fingerprint density at radius 1 is 0.700 bits per heavy atom. The molecule has 1 aromatic rings. The van der Waals surface area contributed by atoms with Crippen molar-refractivity contribution in [3.63, 3.8) is 0 Å². The van der Waals surface area contributed by atoms with E-state index in [1.54, 1.807) is 0 Å². The van der Waals surface area contributed by atoms with Gasteiger partial charge in [0.05, 0.1) is 0 Å². The molecular formula is C35H53N3O2. The smallest absolute Gasteiger partial charge is 0.319 e. The number of benzene rings is 1. The van der Waals surface area contributed by atoms with Crippen LogP contribution in [0, 0.1) is 0 Å². The normalized spacial score (nSPS) is 12.3. The van der Waals surface area contributed by atoms with E-state index in [1.807, 2.05) is 6.07 Å². The van der Waals surface area contributed by atoms with Gasteiger partial charge < -0.3 is 16.0 Å². The van der Waals surface area contributed by atoms with Crippen molar-refractivity contribution in [3.05, 3.63) is 90.1 Å². The molecule has 0 aliphatic carbocycles. The Morgan fingerprint density at radius 3 is 1.68 bits per heavy atom. The molecule has 1 aromatic carbocycles. The molecule has 0 heterocycles. The first-order valence-electron chi connectivity index (χ1n) is 15.1. The third-order valence-corrected chi connectivity index (χ3v) is 6.28. The van der Waals surface area contributed by atoms with E-state index >= 15 is 0 Å². The number of amides is 3. The molecule has 5 heteroatoms. The van der Waals surface area contributed by atoms with Crippen LogP contribution in [0.3, 0.4) is 0 Å². The lowest BCUT2D eigenvalue weighted by atomic mass is 9.93. The predicted octanol–water partition coefficient (Wildman–Crippen LogP) is 9.09. The Morgan fingerprint density at radius 2 is 1.18 bits per heavy atom. The number of anilines is 1. The van der Waals surface area contributed by atoms with Crippen LogP contribution >= 0.6 is 0 Å². The van der Waals surface area contributed by atoms with Gasteiger partial charge in [-0.1, -0.05) is 114 Å². The third kappa shape index (κ3) is 16.6. The summed E-state index contributed by atoms with van der Waals surface area (Å²) in [4.78, 5) is 24.6. The predicted molar refractivity (Wildman–Crippen MR) is 173 cm³/mol. The fourth-order valence-corrected chi connectivity index (χ4v) is 4.07. The van der Waals surface area contributed by atoms with Crippen molar-refractivity contribution in [2.24, 2.45) is 0 Å². The minimum absolute atomic E-state index is 0.0156. The highest BCUT2D eigenvalue weighted by Gasteiger charge is 2.15. The van der Waals surface area contributed by atoms with Gasteiger partial charge in [-0.2, -0.15) is 0 Å². The van der Waals surface area contributed by atoms with Crippen LogP contribution in [0.1, 0.15) is 109 Å². The lowest BCUT2D eigenvalue weighted by molar-refractivity contribution is -0.121. The Labute approximate surface area is 244 Å². The monoisotopic (exact) mass is 547 g/mol. The van der Waals surface area contributed by atoms with Gasteiger partial charge >= 0.3 is 6.03 Å². The molecule has 0 aromatic heterocycles. The maximum Gasteiger partial charge on any atom is 0.319 e. The van der Waals surface area contributed by atoms with Crippen molar-refractivity contribution in [3.8, 4) is 0 Å². The van der Waals surface area contributed by atoms with Gasteiger partial charge in [-0.05, 0) is 67.9 Å². The van der Waals surface area contributed by atoms with Crippen LogP contribution in [0.15, 0.2) is 79.0 Å². The van der Waals surface area contributed by atoms with E-state index in [4.69, 9.17) is 0 Å². The number of allylic oxidation sites excluding steroid dienone is 10. The van der Waals surface area contributed by atoms with Gasteiger partial charge in [0.15, 0.2) is 0 Å². The molecule has 40 heavy (non-hydrogen) atoms. The summed E-state index contributed by atoms with van der Waals surface area (Å²) in [5.41, 5.74) is 3.15. The molecule has 220 valence electrons. The zero-order valence-corrected chi connectivity index (χ0v) is 25.5. The van der Waals surface area contributed by atoms with Crippen molar-refractivity contribution in [1.29, 1.82) is 0 Å². The summed E-state index contributed by atoms with van der Waals surface area (Å²) in [7, 11) is 0. The van der Waals surface area contributed by atoms with Gasteiger partial charge in [0.25, 0.3) is 0 Å². The van der Waals surface area contributed by atoms with E-state index in [1.165, 1.54) is 0 Å². The first kappa shape index (κ1) is 34.7. The molecular weight excluding hydrogens is 494 g/mol. The number of para-hydroxylation sites is 1. The van der Waals surface area contributed by atoms with E-state index in [2.05, 4.69) is 123 Å². The lowest BCUT2D eigenvalue weighted by Gasteiger charge is -2.20. The molecule has 0 aliphatic heterocycles. The third-order valence-electron chi connectivity index (χ3n) is 6.28. The van der Waals surface area contributed by atoms with Gasteiger partial charge in [-0.25, -0.2) is 4.79 Å². The van der Waals surface area contributed by atoms with Crippen molar-refractivity contribution in [1.82, 2.24) is 10.6 Å². The highest BCUT2D eigenvalue weighted by Crippen LogP contribution is 2.32. The summed E-state index contributed by atoms with van der Waals surface area (Å²) in [6, 6.07) is 5.92. The van der Waals surface area contributed by atoms with E-state index in [9.17, 15) is 9.59 Å². The fraction of sp³-hybridized carbons (Fsp3) is 0.486. The maximum absolute atomic E-state index is 12.5. The van der Waals surface area contributed by atoms with E-state index in [0.717, 1.165) is 61.8 Å². The number of rotatable bonds is 19. The lowest BCUT2D eigenvalue weighted by Crippen LogP contribution is -2.37. The van der Waals surface area contributed by atoms with E-state index < -0.39 is 0 Å². The summed E-state index contributed by atoms with van der Waals surface area (Å²) in [6.07, 6.45) is 29.0. The minimum Gasteiger partial charge on any atom is -0.354 e. The summed E-state index contributed by atoms with van der Waals surface area (Å²) < 4.78 is 0. The van der Waals surface area contributed by atoms with Crippen LogP contribution in [0.4, 0.5) is 10.5 Å². The zero-order chi connectivity index (χ0) is 29.4. The maximum atomic E-state index is 12.5. The number of unbranched alkanes of at least 4 members (excludes halogenated alkanes) is 1. The summed E-state index contributed by atoms with van der Waals surface area (Å²) >= 11 is 0. The Kier molecular flexibility index (Phi) is 19.5. The van der Waals surface area contributed by atoms with E-state index in [0.29, 0.717) is 31.3 Å². The van der Waals surface area contributed by atoms with Crippen molar-refractivity contribution >= 4 is 17.6 Å². The molecule has 0 atom stereocenters. The number of carbonyl (C=O) groups excluding carboxylic acids is 2. The number of nitrogens with one attached hydrogen (secondary N) is 3. The highest BCUT2D eigenvalue weighted by atomic mass is 16.2.